The van der Waals surface area contributed by atoms with Crippen molar-refractivity contribution in [2.24, 2.45) is 0 Å². The van der Waals surface area contributed by atoms with Crippen LogP contribution < -0.4 is 4.90 Å². The van der Waals surface area contributed by atoms with Gasteiger partial charge >= 0.3 is 0 Å². The molecule has 3 aromatic rings. The van der Waals surface area contributed by atoms with Crippen LogP contribution in [0.3, 0.4) is 0 Å². The molecule has 0 radical (unpaired) electrons. The van der Waals surface area contributed by atoms with E-state index in [1.807, 2.05) is 36.2 Å². The Morgan fingerprint density at radius 2 is 2.05 bits per heavy atom. The molecule has 0 fully saturated rings. The molecule has 1 aromatic carbocycles. The fraction of sp³-hybridized carbons (Fsp3) is 0.167. The van der Waals surface area contributed by atoms with Gasteiger partial charge < -0.3 is 4.90 Å². The fourth-order valence-electron chi connectivity index (χ4n) is 1.83. The molecule has 0 aliphatic rings. The van der Waals surface area contributed by atoms with Gasteiger partial charge in [0.1, 0.15) is 0 Å². The summed E-state index contributed by atoms with van der Waals surface area (Å²) in [4.78, 5) is 1.95. The van der Waals surface area contributed by atoms with Gasteiger partial charge in [-0.1, -0.05) is 29.3 Å². The third kappa shape index (κ3) is 2.52. The molecule has 0 spiro atoms. The molecule has 0 atom stereocenters. The smallest absolute Gasteiger partial charge is 0.200 e. The molecule has 20 heavy (non-hydrogen) atoms. The molecule has 102 valence electrons. The molecule has 0 saturated carbocycles. The Morgan fingerprint density at radius 3 is 2.85 bits per heavy atom. The lowest BCUT2D eigenvalue weighted by Crippen LogP contribution is -2.19. The van der Waals surface area contributed by atoms with Gasteiger partial charge in [0.2, 0.25) is 0 Å². The number of fused-ring (bicyclic) bond motifs is 1. The Bertz CT molecular complexity index is 757. The highest BCUT2D eigenvalue weighted by molar-refractivity contribution is 6.35. The second-order valence-corrected chi connectivity index (χ2v) is 5.15. The number of hydrogen-bond acceptors (Lipinski definition) is 5. The number of nitrogens with zero attached hydrogens (tertiary/aromatic N) is 6. The van der Waals surface area contributed by atoms with E-state index in [0.29, 0.717) is 22.2 Å². The SMILES string of the molecule is CN(Cc1ccc(Cl)cc1Cl)c1ccc2nnnn2n1. The Kier molecular flexibility index (Phi) is 3.42. The van der Waals surface area contributed by atoms with E-state index < -0.39 is 0 Å². The summed E-state index contributed by atoms with van der Waals surface area (Å²) in [5, 5.41) is 16.7. The zero-order valence-corrected chi connectivity index (χ0v) is 12.0. The molecule has 8 heteroatoms. The molecular weight excluding hydrogens is 299 g/mol. The minimum atomic E-state index is 0.603. The van der Waals surface area contributed by atoms with E-state index in [1.54, 1.807) is 6.07 Å². The highest BCUT2D eigenvalue weighted by Crippen LogP contribution is 2.23. The van der Waals surface area contributed by atoms with Crippen molar-refractivity contribution in [3.8, 4) is 0 Å². The maximum atomic E-state index is 6.17. The third-order valence-electron chi connectivity index (χ3n) is 2.87. The van der Waals surface area contributed by atoms with E-state index in [2.05, 4.69) is 20.6 Å². The molecule has 0 amide bonds. The van der Waals surface area contributed by atoms with Gasteiger partial charge in [-0.25, -0.2) is 0 Å². The second-order valence-electron chi connectivity index (χ2n) is 4.31. The van der Waals surface area contributed by atoms with E-state index >= 15 is 0 Å². The summed E-state index contributed by atoms with van der Waals surface area (Å²) in [6, 6.07) is 9.10. The lowest BCUT2D eigenvalue weighted by Gasteiger charge is -2.18. The Balaban J connectivity index is 1.86. The number of anilines is 1. The van der Waals surface area contributed by atoms with Crippen molar-refractivity contribution in [1.82, 2.24) is 25.3 Å². The summed E-state index contributed by atoms with van der Waals surface area (Å²) < 4.78 is 1.38. The summed E-state index contributed by atoms with van der Waals surface area (Å²) in [7, 11) is 1.92. The maximum Gasteiger partial charge on any atom is 0.200 e. The first kappa shape index (κ1) is 13.1. The van der Waals surface area contributed by atoms with Gasteiger partial charge in [0.25, 0.3) is 0 Å². The standard InChI is InChI=1S/C12H10Cl2N6/c1-19(7-8-2-3-9(13)6-10(8)14)12-5-4-11-15-17-18-20(11)16-12/h2-6H,7H2,1H3. The number of benzene rings is 1. The fourth-order valence-corrected chi connectivity index (χ4v) is 2.30. The number of hydrogen-bond donors (Lipinski definition) is 0. The Morgan fingerprint density at radius 1 is 1.20 bits per heavy atom. The largest absolute Gasteiger partial charge is 0.354 e. The van der Waals surface area contributed by atoms with Crippen LogP contribution in [-0.2, 0) is 6.54 Å². The van der Waals surface area contributed by atoms with E-state index in [0.717, 1.165) is 11.4 Å². The number of rotatable bonds is 3. The predicted octanol–water partition coefficient (Wildman–Crippen LogP) is 2.46. The molecule has 0 saturated heterocycles. The van der Waals surface area contributed by atoms with Gasteiger partial charge in [-0.3, -0.25) is 0 Å². The first-order valence-electron chi connectivity index (χ1n) is 5.84. The van der Waals surface area contributed by atoms with Crippen LogP contribution in [0.1, 0.15) is 5.56 Å². The van der Waals surface area contributed by atoms with Crippen LogP contribution >= 0.6 is 23.2 Å². The summed E-state index contributed by atoms with van der Waals surface area (Å²) in [5.41, 5.74) is 1.57. The molecule has 3 rings (SSSR count). The van der Waals surface area contributed by atoms with E-state index in [9.17, 15) is 0 Å². The van der Waals surface area contributed by atoms with Crippen molar-refractivity contribution in [3.05, 3.63) is 45.9 Å². The zero-order valence-electron chi connectivity index (χ0n) is 10.5. The molecule has 0 unspecified atom stereocenters. The van der Waals surface area contributed by atoms with Crippen LogP contribution in [0.15, 0.2) is 30.3 Å². The molecule has 0 bridgehead atoms. The summed E-state index contributed by atoms with van der Waals surface area (Å²) in [5.74, 6) is 0.746. The average Bonchev–Trinajstić information content (AvgIpc) is 2.89. The Hall–Kier alpha value is -1.92. The van der Waals surface area contributed by atoms with Gasteiger partial charge in [-0.2, -0.15) is 0 Å². The number of halogens is 2. The first-order valence-corrected chi connectivity index (χ1v) is 6.59. The average molecular weight is 309 g/mol. The maximum absolute atomic E-state index is 6.17. The summed E-state index contributed by atoms with van der Waals surface area (Å²) in [6.07, 6.45) is 0. The molecule has 0 aliphatic heterocycles. The molecule has 6 nitrogen and oxygen atoms in total. The van der Waals surface area contributed by atoms with E-state index in [-0.39, 0.29) is 0 Å². The Labute approximate surface area is 124 Å². The molecule has 0 aliphatic carbocycles. The number of aromatic nitrogens is 5. The van der Waals surface area contributed by atoms with Crippen molar-refractivity contribution < 1.29 is 0 Å². The van der Waals surface area contributed by atoms with Crippen LogP contribution in [0.5, 0.6) is 0 Å². The normalized spacial score (nSPS) is 10.9. The quantitative estimate of drug-likeness (QED) is 0.744. The minimum absolute atomic E-state index is 0.603. The van der Waals surface area contributed by atoms with Gasteiger partial charge in [-0.05, 0) is 40.3 Å². The lowest BCUT2D eigenvalue weighted by molar-refractivity contribution is 0.720. The van der Waals surface area contributed by atoms with Crippen LogP contribution in [0, 0.1) is 0 Å². The highest BCUT2D eigenvalue weighted by Gasteiger charge is 2.09. The predicted molar refractivity (Wildman–Crippen MR) is 77.1 cm³/mol. The topological polar surface area (TPSA) is 59.2 Å². The lowest BCUT2D eigenvalue weighted by atomic mass is 10.2. The summed E-state index contributed by atoms with van der Waals surface area (Å²) >= 11 is 12.1. The van der Waals surface area contributed by atoms with Crippen molar-refractivity contribution in [3.63, 3.8) is 0 Å². The molecular formula is C12H10Cl2N6. The first-order chi connectivity index (χ1) is 9.63. The van der Waals surface area contributed by atoms with Crippen LogP contribution in [0.2, 0.25) is 10.0 Å². The monoisotopic (exact) mass is 308 g/mol. The molecule has 2 heterocycles. The van der Waals surface area contributed by atoms with Crippen molar-refractivity contribution in [2.75, 3.05) is 11.9 Å². The summed E-state index contributed by atoms with van der Waals surface area (Å²) in [6.45, 7) is 0.608. The number of tetrazole rings is 1. The van der Waals surface area contributed by atoms with Crippen LogP contribution in [0.25, 0.3) is 5.65 Å². The third-order valence-corrected chi connectivity index (χ3v) is 3.46. The van der Waals surface area contributed by atoms with Crippen LogP contribution in [-0.4, -0.2) is 32.3 Å². The van der Waals surface area contributed by atoms with Gasteiger partial charge in [0.15, 0.2) is 11.5 Å². The van der Waals surface area contributed by atoms with E-state index in [4.69, 9.17) is 23.2 Å². The van der Waals surface area contributed by atoms with Crippen molar-refractivity contribution in [2.45, 2.75) is 6.54 Å². The second kappa shape index (κ2) is 5.22. The highest BCUT2D eigenvalue weighted by atomic mass is 35.5. The molecule has 2 aromatic heterocycles. The zero-order chi connectivity index (χ0) is 14.1. The van der Waals surface area contributed by atoms with E-state index in [1.165, 1.54) is 4.63 Å². The van der Waals surface area contributed by atoms with Crippen molar-refractivity contribution >= 4 is 34.7 Å². The van der Waals surface area contributed by atoms with Gasteiger partial charge in [-0.15, -0.1) is 14.8 Å². The van der Waals surface area contributed by atoms with Crippen LogP contribution in [0.4, 0.5) is 5.82 Å². The minimum Gasteiger partial charge on any atom is -0.354 e. The molecule has 0 N–H and O–H groups in total. The van der Waals surface area contributed by atoms with Crippen molar-refractivity contribution in [1.29, 1.82) is 0 Å². The van der Waals surface area contributed by atoms with Gasteiger partial charge in [0, 0.05) is 23.6 Å². The van der Waals surface area contributed by atoms with Gasteiger partial charge in [0.05, 0.1) is 0 Å².